The minimum atomic E-state index is -3.66. The summed E-state index contributed by atoms with van der Waals surface area (Å²) >= 11 is 7.26. The SMILES string of the molecule is Cc1sc(NC(=O)CCS(=O)(=O)c2ccc3c(c2)OCCO3)nc1-c1ccc(Cl)cc1. The molecule has 1 aliphatic rings. The molecule has 0 spiro atoms. The molecule has 3 aromatic rings. The maximum absolute atomic E-state index is 12.6. The summed E-state index contributed by atoms with van der Waals surface area (Å²) < 4.78 is 36.1. The summed E-state index contributed by atoms with van der Waals surface area (Å²) in [6, 6.07) is 11.7. The largest absolute Gasteiger partial charge is 0.486 e. The number of carbonyl (C=O) groups excluding carboxylic acids is 1. The van der Waals surface area contributed by atoms with Gasteiger partial charge in [0.2, 0.25) is 5.91 Å². The van der Waals surface area contributed by atoms with Gasteiger partial charge in [-0.2, -0.15) is 0 Å². The fourth-order valence-corrected chi connectivity index (χ4v) is 5.30. The highest BCUT2D eigenvalue weighted by atomic mass is 35.5. The molecule has 0 aliphatic carbocycles. The van der Waals surface area contributed by atoms with Gasteiger partial charge in [0.25, 0.3) is 0 Å². The highest BCUT2D eigenvalue weighted by molar-refractivity contribution is 7.91. The molecule has 4 rings (SSSR count). The van der Waals surface area contributed by atoms with E-state index in [1.807, 2.05) is 19.1 Å². The maximum Gasteiger partial charge on any atom is 0.227 e. The van der Waals surface area contributed by atoms with E-state index in [0.717, 1.165) is 16.1 Å². The second-order valence-electron chi connectivity index (χ2n) is 6.85. The summed E-state index contributed by atoms with van der Waals surface area (Å²) in [5, 5.41) is 3.74. The molecule has 0 fully saturated rings. The average molecular weight is 479 g/mol. The molecule has 0 saturated carbocycles. The minimum absolute atomic E-state index is 0.0969. The number of sulfone groups is 1. The van der Waals surface area contributed by atoms with Crippen molar-refractivity contribution in [2.24, 2.45) is 0 Å². The fourth-order valence-electron chi connectivity index (χ4n) is 3.07. The van der Waals surface area contributed by atoms with Crippen LogP contribution in [0.3, 0.4) is 0 Å². The zero-order chi connectivity index (χ0) is 22.0. The molecule has 0 unspecified atom stereocenters. The van der Waals surface area contributed by atoms with Crippen LogP contribution in [0.15, 0.2) is 47.4 Å². The molecule has 10 heteroatoms. The van der Waals surface area contributed by atoms with Gasteiger partial charge in [0.05, 0.1) is 16.3 Å². The Balaban J connectivity index is 1.40. The van der Waals surface area contributed by atoms with Crippen molar-refractivity contribution in [2.45, 2.75) is 18.2 Å². The van der Waals surface area contributed by atoms with Crippen LogP contribution in [0.1, 0.15) is 11.3 Å². The molecule has 0 bridgehead atoms. The number of halogens is 1. The third-order valence-electron chi connectivity index (χ3n) is 4.63. The van der Waals surface area contributed by atoms with Gasteiger partial charge in [-0.3, -0.25) is 4.79 Å². The number of aryl methyl sites for hydroxylation is 1. The smallest absolute Gasteiger partial charge is 0.227 e. The van der Waals surface area contributed by atoms with Crippen LogP contribution in [0, 0.1) is 6.92 Å². The van der Waals surface area contributed by atoms with Crippen LogP contribution in [-0.2, 0) is 14.6 Å². The number of carbonyl (C=O) groups is 1. The van der Waals surface area contributed by atoms with E-state index in [4.69, 9.17) is 21.1 Å². The summed E-state index contributed by atoms with van der Waals surface area (Å²) in [5.41, 5.74) is 1.64. The van der Waals surface area contributed by atoms with Crippen molar-refractivity contribution in [3.05, 3.63) is 52.4 Å². The van der Waals surface area contributed by atoms with Crippen molar-refractivity contribution >= 4 is 43.8 Å². The molecule has 2 aromatic carbocycles. The Kier molecular flexibility index (Phi) is 6.17. The third kappa shape index (κ3) is 5.00. The summed E-state index contributed by atoms with van der Waals surface area (Å²) in [7, 11) is -3.66. The topological polar surface area (TPSA) is 94.6 Å². The van der Waals surface area contributed by atoms with Gasteiger partial charge in [0.15, 0.2) is 26.5 Å². The number of amides is 1. The number of aromatic nitrogens is 1. The Hall–Kier alpha value is -2.62. The first kappa shape index (κ1) is 21.6. The number of hydrogen-bond acceptors (Lipinski definition) is 7. The van der Waals surface area contributed by atoms with Crippen molar-refractivity contribution in [1.29, 1.82) is 0 Å². The molecule has 0 radical (unpaired) electrons. The first-order valence-electron chi connectivity index (χ1n) is 9.47. The average Bonchev–Trinajstić information content (AvgIpc) is 3.12. The monoisotopic (exact) mass is 478 g/mol. The summed E-state index contributed by atoms with van der Waals surface area (Å²) in [5.74, 6) is 0.160. The first-order chi connectivity index (χ1) is 14.8. The van der Waals surface area contributed by atoms with Crippen LogP contribution in [0.5, 0.6) is 11.5 Å². The summed E-state index contributed by atoms with van der Waals surface area (Å²) in [6.45, 7) is 2.70. The number of thiazole rings is 1. The molecule has 0 saturated heterocycles. The van der Waals surface area contributed by atoms with E-state index in [0.29, 0.717) is 34.9 Å². The fraction of sp³-hybridized carbons (Fsp3) is 0.238. The van der Waals surface area contributed by atoms with Crippen LogP contribution in [0.4, 0.5) is 5.13 Å². The Labute approximate surface area is 188 Å². The quantitative estimate of drug-likeness (QED) is 0.566. The van der Waals surface area contributed by atoms with Crippen molar-refractivity contribution in [3.63, 3.8) is 0 Å². The van der Waals surface area contributed by atoms with E-state index in [-0.39, 0.29) is 17.1 Å². The number of ether oxygens (including phenoxy) is 2. The van der Waals surface area contributed by atoms with Gasteiger partial charge >= 0.3 is 0 Å². The maximum atomic E-state index is 12.6. The predicted molar refractivity (Wildman–Crippen MR) is 120 cm³/mol. The van der Waals surface area contributed by atoms with Crippen LogP contribution in [-0.4, -0.2) is 38.3 Å². The Bertz CT molecular complexity index is 1220. The number of nitrogens with zero attached hydrogens (tertiary/aromatic N) is 1. The Morgan fingerprint density at radius 1 is 1.13 bits per heavy atom. The molecule has 0 atom stereocenters. The van der Waals surface area contributed by atoms with Gasteiger partial charge in [-0.25, -0.2) is 13.4 Å². The normalized spacial score (nSPS) is 13.1. The third-order valence-corrected chi connectivity index (χ3v) is 7.48. The van der Waals surface area contributed by atoms with E-state index in [2.05, 4.69) is 10.3 Å². The number of hydrogen-bond donors (Lipinski definition) is 1. The van der Waals surface area contributed by atoms with Crippen LogP contribution in [0.25, 0.3) is 11.3 Å². The van der Waals surface area contributed by atoms with Crippen molar-refractivity contribution in [3.8, 4) is 22.8 Å². The van der Waals surface area contributed by atoms with E-state index in [1.165, 1.54) is 23.5 Å². The van der Waals surface area contributed by atoms with Crippen LogP contribution in [0.2, 0.25) is 5.02 Å². The van der Waals surface area contributed by atoms with Crippen molar-refractivity contribution < 1.29 is 22.7 Å². The minimum Gasteiger partial charge on any atom is -0.486 e. The summed E-state index contributed by atoms with van der Waals surface area (Å²) in [4.78, 5) is 17.8. The standard InChI is InChI=1S/C21H19ClN2O5S2/c1-13-20(14-2-4-15(22)5-3-14)24-21(30-13)23-19(25)8-11-31(26,27)16-6-7-17-18(12-16)29-10-9-28-17/h2-7,12H,8-11H2,1H3,(H,23,24,25). The van der Waals surface area contributed by atoms with E-state index in [9.17, 15) is 13.2 Å². The molecule has 2 heterocycles. The Morgan fingerprint density at radius 3 is 2.58 bits per heavy atom. The lowest BCUT2D eigenvalue weighted by molar-refractivity contribution is -0.115. The molecule has 31 heavy (non-hydrogen) atoms. The molecular weight excluding hydrogens is 460 g/mol. The van der Waals surface area contributed by atoms with Crippen molar-refractivity contribution in [1.82, 2.24) is 4.98 Å². The van der Waals surface area contributed by atoms with Gasteiger partial charge in [-0.05, 0) is 31.2 Å². The number of anilines is 1. The molecule has 7 nitrogen and oxygen atoms in total. The van der Waals surface area contributed by atoms with Crippen LogP contribution < -0.4 is 14.8 Å². The molecule has 1 aliphatic heterocycles. The van der Waals surface area contributed by atoms with Gasteiger partial charge in [-0.1, -0.05) is 23.7 Å². The molecule has 1 amide bonds. The van der Waals surface area contributed by atoms with E-state index < -0.39 is 15.7 Å². The Morgan fingerprint density at radius 2 is 1.84 bits per heavy atom. The highest BCUT2D eigenvalue weighted by Crippen LogP contribution is 2.33. The predicted octanol–water partition coefficient (Wildman–Crippen LogP) is 4.35. The number of rotatable bonds is 6. The lowest BCUT2D eigenvalue weighted by Gasteiger charge is -2.18. The lowest BCUT2D eigenvalue weighted by Crippen LogP contribution is -2.18. The van der Waals surface area contributed by atoms with E-state index in [1.54, 1.807) is 18.2 Å². The zero-order valence-corrected chi connectivity index (χ0v) is 18.9. The second-order valence-corrected chi connectivity index (χ2v) is 10.6. The van der Waals surface area contributed by atoms with Gasteiger partial charge in [0, 0.05) is 28.0 Å². The number of nitrogens with one attached hydrogen (secondary N) is 1. The van der Waals surface area contributed by atoms with E-state index >= 15 is 0 Å². The van der Waals surface area contributed by atoms with Crippen LogP contribution >= 0.6 is 22.9 Å². The highest BCUT2D eigenvalue weighted by Gasteiger charge is 2.21. The van der Waals surface area contributed by atoms with Gasteiger partial charge in [0.1, 0.15) is 13.2 Å². The van der Waals surface area contributed by atoms with Gasteiger partial charge in [-0.15, -0.1) is 11.3 Å². The van der Waals surface area contributed by atoms with Gasteiger partial charge < -0.3 is 14.8 Å². The number of fused-ring (bicyclic) bond motifs is 1. The zero-order valence-electron chi connectivity index (χ0n) is 16.6. The van der Waals surface area contributed by atoms with Crippen molar-refractivity contribution in [2.75, 3.05) is 24.3 Å². The lowest BCUT2D eigenvalue weighted by atomic mass is 10.1. The first-order valence-corrected chi connectivity index (χ1v) is 12.3. The molecule has 1 N–H and O–H groups in total. The second kappa shape index (κ2) is 8.86. The summed E-state index contributed by atoms with van der Waals surface area (Å²) in [6.07, 6.45) is -0.189. The molecule has 1 aromatic heterocycles. The molecular formula is C21H19ClN2O5S2. The number of benzene rings is 2. The molecule has 162 valence electrons.